The zero-order valence-electron chi connectivity index (χ0n) is 16.0. The molecule has 2 aromatic carbocycles. The Morgan fingerprint density at radius 1 is 1.13 bits per heavy atom. The molecule has 1 aromatic heterocycles. The lowest BCUT2D eigenvalue weighted by atomic mass is 10.1. The molecule has 2 N–H and O–H groups in total. The molecule has 0 fully saturated rings. The number of sulfone groups is 1. The molecule has 1 heterocycles. The molecule has 0 atom stereocenters. The topological polar surface area (TPSA) is 110 Å². The molecule has 0 saturated heterocycles. The Kier molecular flexibility index (Phi) is 6.53. The summed E-state index contributed by atoms with van der Waals surface area (Å²) in [5.74, 6) is -0.733. The molecule has 0 aliphatic carbocycles. The zero-order valence-corrected chi connectivity index (χ0v) is 17.6. The summed E-state index contributed by atoms with van der Waals surface area (Å²) < 4.78 is 24.9. The van der Waals surface area contributed by atoms with Gasteiger partial charge in [0.1, 0.15) is 6.54 Å². The second-order valence-corrected chi connectivity index (χ2v) is 8.97. The first-order valence-electron chi connectivity index (χ1n) is 8.86. The van der Waals surface area contributed by atoms with E-state index in [9.17, 15) is 18.0 Å². The third-order valence-corrected chi connectivity index (χ3v) is 5.58. The van der Waals surface area contributed by atoms with Crippen LogP contribution in [-0.4, -0.2) is 36.3 Å². The van der Waals surface area contributed by atoms with Crippen molar-refractivity contribution in [1.82, 2.24) is 15.1 Å². The number of nitrogens with zero attached hydrogens (tertiary/aromatic N) is 2. The van der Waals surface area contributed by atoms with Crippen molar-refractivity contribution in [3.63, 3.8) is 0 Å². The number of rotatable bonds is 7. The first kappa shape index (κ1) is 21.5. The Bertz CT molecular complexity index is 1180. The first-order valence-corrected chi connectivity index (χ1v) is 11.1. The van der Waals surface area contributed by atoms with E-state index >= 15 is 0 Å². The molecule has 8 nitrogen and oxygen atoms in total. The van der Waals surface area contributed by atoms with Crippen LogP contribution in [0.15, 0.2) is 65.8 Å². The number of carbonyl (C=O) groups is 2. The van der Waals surface area contributed by atoms with Crippen LogP contribution >= 0.6 is 11.6 Å². The summed E-state index contributed by atoms with van der Waals surface area (Å²) in [6.45, 7) is 0.254. The largest absolute Gasteiger partial charge is 0.348 e. The minimum Gasteiger partial charge on any atom is -0.348 e. The van der Waals surface area contributed by atoms with Gasteiger partial charge in [0.05, 0.1) is 15.5 Å². The molecule has 0 radical (unpaired) electrons. The smallest absolute Gasteiger partial charge is 0.253 e. The highest BCUT2D eigenvalue weighted by molar-refractivity contribution is 7.90. The monoisotopic (exact) mass is 446 g/mol. The van der Waals surface area contributed by atoms with E-state index in [1.807, 2.05) is 0 Å². The maximum atomic E-state index is 12.5. The zero-order chi connectivity index (χ0) is 21.7. The summed E-state index contributed by atoms with van der Waals surface area (Å²) >= 11 is 6.05. The van der Waals surface area contributed by atoms with Crippen molar-refractivity contribution in [2.75, 3.05) is 11.6 Å². The number of hydrogen-bond donors (Lipinski definition) is 2. The standard InChI is InChI=1S/C20H19ClN4O4S/c1-30(28,29)16-6-7-18(21)17(11-16)20(27)22-12-14-4-2-5-15(10-14)24-19(26)13-25-9-3-8-23-25/h2-11H,12-13H2,1H3,(H,22,27)(H,24,26). The van der Waals surface area contributed by atoms with Gasteiger partial charge < -0.3 is 10.6 Å². The third-order valence-electron chi connectivity index (χ3n) is 4.14. The number of anilines is 1. The fourth-order valence-corrected chi connectivity index (χ4v) is 3.54. The molecular weight excluding hydrogens is 428 g/mol. The van der Waals surface area contributed by atoms with Gasteiger partial charge in [-0.15, -0.1) is 0 Å². The molecule has 3 aromatic rings. The molecular formula is C20H19ClN4O4S. The Hall–Kier alpha value is -3.17. The number of benzene rings is 2. The minimum atomic E-state index is -3.46. The van der Waals surface area contributed by atoms with Gasteiger partial charge in [-0.1, -0.05) is 23.7 Å². The van der Waals surface area contributed by atoms with Crippen LogP contribution in [0.5, 0.6) is 0 Å². The van der Waals surface area contributed by atoms with Gasteiger partial charge in [-0.3, -0.25) is 14.3 Å². The van der Waals surface area contributed by atoms with Crippen molar-refractivity contribution < 1.29 is 18.0 Å². The molecule has 0 unspecified atom stereocenters. The van der Waals surface area contributed by atoms with E-state index in [2.05, 4.69) is 15.7 Å². The fraction of sp³-hybridized carbons (Fsp3) is 0.150. The molecule has 0 saturated carbocycles. The lowest BCUT2D eigenvalue weighted by Crippen LogP contribution is -2.23. The summed E-state index contributed by atoms with van der Waals surface area (Å²) in [6, 6.07) is 12.7. The minimum absolute atomic E-state index is 0.0129. The molecule has 0 bridgehead atoms. The lowest BCUT2D eigenvalue weighted by Gasteiger charge is -2.10. The summed E-state index contributed by atoms with van der Waals surface area (Å²) in [5, 5.41) is 9.61. The van der Waals surface area contributed by atoms with Crippen LogP contribution in [-0.2, 0) is 27.7 Å². The second kappa shape index (κ2) is 9.10. The SMILES string of the molecule is CS(=O)(=O)c1ccc(Cl)c(C(=O)NCc2cccc(NC(=O)Cn3cccn3)c2)c1. The van der Waals surface area contributed by atoms with Crippen molar-refractivity contribution in [3.05, 3.63) is 77.1 Å². The van der Waals surface area contributed by atoms with Crippen molar-refractivity contribution in [1.29, 1.82) is 0 Å². The summed E-state index contributed by atoms with van der Waals surface area (Å²) in [7, 11) is -3.46. The highest BCUT2D eigenvalue weighted by Crippen LogP contribution is 2.21. The van der Waals surface area contributed by atoms with Gasteiger partial charge in [-0.05, 0) is 42.0 Å². The summed E-state index contributed by atoms with van der Waals surface area (Å²) in [6.07, 6.45) is 4.34. The van der Waals surface area contributed by atoms with Gasteiger partial charge in [0.25, 0.3) is 5.91 Å². The van der Waals surface area contributed by atoms with Crippen molar-refractivity contribution >= 4 is 38.9 Å². The second-order valence-electron chi connectivity index (χ2n) is 6.55. The third kappa shape index (κ3) is 5.68. The molecule has 3 rings (SSSR count). The lowest BCUT2D eigenvalue weighted by molar-refractivity contribution is -0.116. The Balaban J connectivity index is 1.64. The van der Waals surface area contributed by atoms with Crippen molar-refractivity contribution in [2.45, 2.75) is 18.0 Å². The first-order chi connectivity index (χ1) is 14.2. The fourth-order valence-electron chi connectivity index (χ4n) is 2.69. The normalized spacial score (nSPS) is 11.1. The Labute approximate surface area is 178 Å². The van der Waals surface area contributed by atoms with E-state index in [1.165, 1.54) is 22.9 Å². The van der Waals surface area contributed by atoms with E-state index in [0.29, 0.717) is 5.69 Å². The van der Waals surface area contributed by atoms with E-state index in [0.717, 1.165) is 11.8 Å². The maximum absolute atomic E-state index is 12.5. The van der Waals surface area contributed by atoms with Crippen LogP contribution in [0.25, 0.3) is 0 Å². The number of carbonyl (C=O) groups excluding carboxylic acids is 2. The molecule has 30 heavy (non-hydrogen) atoms. The van der Waals surface area contributed by atoms with Crippen LogP contribution in [0.1, 0.15) is 15.9 Å². The van der Waals surface area contributed by atoms with E-state index in [-0.39, 0.29) is 34.5 Å². The predicted molar refractivity (Wildman–Crippen MR) is 113 cm³/mol. The van der Waals surface area contributed by atoms with Crippen LogP contribution in [0, 0.1) is 0 Å². The molecule has 156 valence electrons. The van der Waals surface area contributed by atoms with Gasteiger partial charge in [0.2, 0.25) is 5.91 Å². The molecule has 0 aliphatic rings. The molecule has 2 amide bonds. The van der Waals surface area contributed by atoms with Gasteiger partial charge in [0.15, 0.2) is 9.84 Å². The summed E-state index contributed by atoms with van der Waals surface area (Å²) in [5.41, 5.74) is 1.40. The van der Waals surface area contributed by atoms with Gasteiger partial charge in [-0.25, -0.2) is 8.42 Å². The maximum Gasteiger partial charge on any atom is 0.253 e. The van der Waals surface area contributed by atoms with E-state index in [1.54, 1.807) is 42.7 Å². The van der Waals surface area contributed by atoms with Crippen LogP contribution in [0.2, 0.25) is 5.02 Å². The van der Waals surface area contributed by atoms with E-state index < -0.39 is 15.7 Å². The average molecular weight is 447 g/mol. The average Bonchev–Trinajstić information content (AvgIpc) is 3.18. The highest BCUT2D eigenvalue weighted by atomic mass is 35.5. The number of halogens is 1. The molecule has 10 heteroatoms. The number of hydrogen-bond acceptors (Lipinski definition) is 5. The summed E-state index contributed by atoms with van der Waals surface area (Å²) in [4.78, 5) is 24.6. The van der Waals surface area contributed by atoms with Crippen LogP contribution < -0.4 is 10.6 Å². The molecule has 0 spiro atoms. The van der Waals surface area contributed by atoms with Gasteiger partial charge >= 0.3 is 0 Å². The molecule has 0 aliphatic heterocycles. The number of nitrogens with one attached hydrogen (secondary N) is 2. The van der Waals surface area contributed by atoms with Crippen LogP contribution in [0.3, 0.4) is 0 Å². The van der Waals surface area contributed by atoms with Gasteiger partial charge in [0, 0.05) is 30.9 Å². The van der Waals surface area contributed by atoms with E-state index in [4.69, 9.17) is 11.6 Å². The number of aromatic nitrogens is 2. The van der Waals surface area contributed by atoms with Crippen LogP contribution in [0.4, 0.5) is 5.69 Å². The Morgan fingerprint density at radius 2 is 1.93 bits per heavy atom. The highest BCUT2D eigenvalue weighted by Gasteiger charge is 2.15. The van der Waals surface area contributed by atoms with Gasteiger partial charge in [-0.2, -0.15) is 5.10 Å². The van der Waals surface area contributed by atoms with Crippen molar-refractivity contribution in [2.24, 2.45) is 0 Å². The number of amides is 2. The predicted octanol–water partition coefficient (Wildman–Crippen LogP) is 2.51. The Morgan fingerprint density at radius 3 is 2.63 bits per heavy atom. The quantitative estimate of drug-likeness (QED) is 0.579. The van der Waals surface area contributed by atoms with Crippen molar-refractivity contribution in [3.8, 4) is 0 Å².